The average molecular weight is 843 g/mol. The first kappa shape index (κ1) is 43.4. The van der Waals surface area contributed by atoms with Gasteiger partial charge in [0, 0.05) is 68.0 Å². The normalized spacial score (nSPS) is 20.1. The first-order chi connectivity index (χ1) is 27.7. The summed E-state index contributed by atoms with van der Waals surface area (Å²) in [6.45, 7) is -0.376. The molecule has 0 radical (unpaired) electrons. The van der Waals surface area contributed by atoms with Crippen LogP contribution in [-0.4, -0.2) is 153 Å². The molecule has 4 aliphatic rings. The predicted octanol–water partition coefficient (Wildman–Crippen LogP) is -2.01. The molecule has 3 saturated heterocycles. The number of piperazine rings is 1. The maximum absolute atomic E-state index is 13.0. The molecule has 1 aromatic carbocycles. The van der Waals surface area contributed by atoms with Crippen LogP contribution >= 0.6 is 24.0 Å². The number of hydrogen-bond acceptors (Lipinski definition) is 11. The number of carbonyl (C=O) groups excluding carboxylic acids is 8. The summed E-state index contributed by atoms with van der Waals surface area (Å²) in [5.41, 5.74) is 1.39. The third-order valence-electron chi connectivity index (χ3n) is 9.82. The maximum atomic E-state index is 13.0. The molecular formula is C36H46N10O10S2. The molecule has 4 atom stereocenters. The van der Waals surface area contributed by atoms with Gasteiger partial charge < -0.3 is 52.1 Å². The van der Waals surface area contributed by atoms with Gasteiger partial charge in [0.25, 0.3) is 11.8 Å². The van der Waals surface area contributed by atoms with Gasteiger partial charge in [0.1, 0.15) is 12.6 Å². The average Bonchev–Trinajstić information content (AvgIpc) is 3.86. The SMILES string of the molecule is O=C(O)C[C@H](NC(=S)Nc1ccc(CNC(=O)CCCC[C@@H]2SC[C@@H]3NC(=O)N[C@@H]32)cc1)C(=O)NCC(=O)N1CCN(C(=O)CNC(=O)CN2C(=O)C=CC2=O)CC1. The number of nitrogens with one attached hydrogen (secondary N) is 7. The van der Waals surface area contributed by atoms with Crippen molar-refractivity contribution < 1.29 is 48.3 Å². The van der Waals surface area contributed by atoms with Gasteiger partial charge in [-0.1, -0.05) is 18.6 Å². The number of hydrogen-bond donors (Lipinski definition) is 8. The Morgan fingerprint density at radius 1 is 0.845 bits per heavy atom. The lowest BCUT2D eigenvalue weighted by Gasteiger charge is -2.35. The van der Waals surface area contributed by atoms with E-state index in [1.807, 2.05) is 11.8 Å². The highest BCUT2D eigenvalue weighted by Crippen LogP contribution is 2.33. The Bertz CT molecular complexity index is 1800. The molecule has 0 bridgehead atoms. The first-order valence-electron chi connectivity index (χ1n) is 18.7. The Labute approximate surface area is 343 Å². The number of thioether (sulfide) groups is 1. The number of nitrogens with zero attached hydrogens (tertiary/aromatic N) is 3. The van der Waals surface area contributed by atoms with Crippen molar-refractivity contribution in [3.63, 3.8) is 0 Å². The zero-order chi connectivity index (χ0) is 41.8. The number of anilines is 1. The van der Waals surface area contributed by atoms with Crippen molar-refractivity contribution >= 4 is 88.1 Å². The molecule has 58 heavy (non-hydrogen) atoms. The number of carboxylic acid groups (broad SMARTS) is 1. The third kappa shape index (κ3) is 12.6. The number of urea groups is 1. The predicted molar refractivity (Wildman–Crippen MR) is 213 cm³/mol. The molecule has 0 aliphatic carbocycles. The first-order valence-corrected chi connectivity index (χ1v) is 20.2. The number of carbonyl (C=O) groups is 9. The number of fused-ring (bicyclic) bond motifs is 1. The van der Waals surface area contributed by atoms with Crippen molar-refractivity contribution in [2.24, 2.45) is 0 Å². The summed E-state index contributed by atoms with van der Waals surface area (Å²) in [5.74, 6) is -4.00. The van der Waals surface area contributed by atoms with Gasteiger partial charge in [-0.2, -0.15) is 11.8 Å². The van der Waals surface area contributed by atoms with E-state index in [0.717, 1.165) is 47.6 Å². The van der Waals surface area contributed by atoms with Crippen molar-refractivity contribution in [2.75, 3.05) is 56.9 Å². The lowest BCUT2D eigenvalue weighted by molar-refractivity contribution is -0.142. The van der Waals surface area contributed by atoms with Crippen LogP contribution in [0.15, 0.2) is 36.4 Å². The van der Waals surface area contributed by atoms with Crippen molar-refractivity contribution in [1.29, 1.82) is 0 Å². The largest absolute Gasteiger partial charge is 0.481 e. The zero-order valence-corrected chi connectivity index (χ0v) is 33.1. The Balaban J connectivity index is 0.955. The van der Waals surface area contributed by atoms with Crippen LogP contribution in [0.3, 0.4) is 0 Å². The molecule has 1 aromatic rings. The van der Waals surface area contributed by atoms with Crippen LogP contribution in [0.1, 0.15) is 37.7 Å². The number of imide groups is 1. The van der Waals surface area contributed by atoms with Gasteiger partial charge in [0.15, 0.2) is 5.11 Å². The van der Waals surface area contributed by atoms with Crippen molar-refractivity contribution in [1.82, 2.24) is 46.6 Å². The monoisotopic (exact) mass is 842 g/mol. The van der Waals surface area contributed by atoms with E-state index in [9.17, 15) is 48.3 Å². The summed E-state index contributed by atoms with van der Waals surface area (Å²) in [7, 11) is 0. The number of thiocarbonyl (C=S) groups is 1. The molecule has 4 heterocycles. The molecule has 5 rings (SSSR count). The highest BCUT2D eigenvalue weighted by molar-refractivity contribution is 8.00. The number of amides is 9. The lowest BCUT2D eigenvalue weighted by Crippen LogP contribution is -2.55. The molecule has 0 unspecified atom stereocenters. The fourth-order valence-corrected chi connectivity index (χ4v) is 8.46. The molecule has 0 aromatic heterocycles. The van der Waals surface area contributed by atoms with Gasteiger partial charge >= 0.3 is 12.0 Å². The molecule has 22 heteroatoms. The summed E-state index contributed by atoms with van der Waals surface area (Å²) >= 11 is 7.17. The number of unbranched alkanes of at least 4 members (excludes halogenated alkanes) is 1. The van der Waals surface area contributed by atoms with Gasteiger partial charge in [-0.3, -0.25) is 43.3 Å². The topological polar surface area (TPSA) is 268 Å². The molecule has 3 fully saturated rings. The Morgan fingerprint density at radius 2 is 1.48 bits per heavy atom. The van der Waals surface area contributed by atoms with E-state index in [-0.39, 0.29) is 61.9 Å². The summed E-state index contributed by atoms with van der Waals surface area (Å²) < 4.78 is 0. The number of aliphatic carboxylic acids is 1. The second-order valence-electron chi connectivity index (χ2n) is 13.9. The Morgan fingerprint density at radius 3 is 2.12 bits per heavy atom. The van der Waals surface area contributed by atoms with E-state index >= 15 is 0 Å². The van der Waals surface area contributed by atoms with Crippen LogP contribution in [0.5, 0.6) is 0 Å². The van der Waals surface area contributed by atoms with E-state index in [2.05, 4.69) is 37.2 Å². The molecule has 0 saturated carbocycles. The molecule has 4 aliphatic heterocycles. The Hall–Kier alpha value is -5.77. The standard InChI is InChI=1S/C36H46N10O10S2/c47-26(4-2-1-3-25-33-24(20-58-25)41-35(56)43-33)37-16-21-5-7-22(8-6-21)40-36(57)42-23(15-32(53)54)34(55)39-18-31(52)45-13-11-44(12-14-45)30(51)17-38-27(48)19-46-28(49)9-10-29(46)50/h5-10,23-25,33H,1-4,11-20H2,(H,37,47)(H,38,48)(H,39,55)(H,53,54)(H2,40,42,57)(H2,41,43,56)/t23-,24-,25-,33-/m0/s1. The zero-order valence-electron chi connectivity index (χ0n) is 31.5. The van der Waals surface area contributed by atoms with Gasteiger partial charge in [-0.25, -0.2) is 4.79 Å². The number of carboxylic acids is 1. The maximum Gasteiger partial charge on any atom is 0.315 e. The minimum absolute atomic E-state index is 0.0288. The van der Waals surface area contributed by atoms with Gasteiger partial charge in [-0.05, 0) is 42.8 Å². The fraction of sp³-hybridized carbons (Fsp3) is 0.500. The van der Waals surface area contributed by atoms with Crippen LogP contribution in [0, 0.1) is 0 Å². The third-order valence-corrected chi connectivity index (χ3v) is 11.5. The van der Waals surface area contributed by atoms with E-state index in [0.29, 0.717) is 23.9 Å². The molecule has 8 N–H and O–H groups in total. The van der Waals surface area contributed by atoms with Gasteiger partial charge in [0.2, 0.25) is 29.5 Å². The van der Waals surface area contributed by atoms with Crippen LogP contribution in [0.25, 0.3) is 0 Å². The highest BCUT2D eigenvalue weighted by Gasteiger charge is 2.42. The summed E-state index contributed by atoms with van der Waals surface area (Å²) in [6, 6.07) is 5.91. The van der Waals surface area contributed by atoms with Gasteiger partial charge in [0.05, 0.1) is 31.6 Å². The van der Waals surface area contributed by atoms with Crippen LogP contribution < -0.4 is 37.2 Å². The summed E-state index contributed by atoms with van der Waals surface area (Å²) in [5, 5.41) is 29.0. The van der Waals surface area contributed by atoms with Crippen molar-refractivity contribution in [3.05, 3.63) is 42.0 Å². The van der Waals surface area contributed by atoms with Crippen molar-refractivity contribution in [2.45, 2.75) is 62.0 Å². The van der Waals surface area contributed by atoms with E-state index < -0.39 is 67.0 Å². The van der Waals surface area contributed by atoms with E-state index in [1.165, 1.54) is 9.80 Å². The minimum atomic E-state index is -1.31. The fourth-order valence-electron chi connectivity index (χ4n) is 6.65. The molecule has 312 valence electrons. The van der Waals surface area contributed by atoms with E-state index in [4.69, 9.17) is 12.2 Å². The van der Waals surface area contributed by atoms with Crippen LogP contribution in [-0.2, 0) is 44.9 Å². The quantitative estimate of drug-likeness (QED) is 0.0344. The van der Waals surface area contributed by atoms with Crippen molar-refractivity contribution in [3.8, 4) is 0 Å². The number of rotatable bonds is 18. The Kier molecular flexibility index (Phi) is 15.4. The molecule has 0 spiro atoms. The second-order valence-corrected chi connectivity index (χ2v) is 15.6. The van der Waals surface area contributed by atoms with Crippen LogP contribution in [0.4, 0.5) is 10.5 Å². The van der Waals surface area contributed by atoms with Gasteiger partial charge in [-0.15, -0.1) is 0 Å². The smallest absolute Gasteiger partial charge is 0.315 e. The van der Waals surface area contributed by atoms with Crippen LogP contribution in [0.2, 0.25) is 0 Å². The lowest BCUT2D eigenvalue weighted by atomic mass is 10.0. The summed E-state index contributed by atoms with van der Waals surface area (Å²) in [4.78, 5) is 113. The number of benzene rings is 1. The molecule has 20 nitrogen and oxygen atoms in total. The molecular weight excluding hydrogens is 797 g/mol. The summed E-state index contributed by atoms with van der Waals surface area (Å²) in [6.07, 6.45) is 4.43. The molecule has 9 amide bonds. The van der Waals surface area contributed by atoms with E-state index in [1.54, 1.807) is 24.3 Å². The minimum Gasteiger partial charge on any atom is -0.481 e. The highest BCUT2D eigenvalue weighted by atomic mass is 32.2. The second kappa shape index (κ2) is 20.6.